The van der Waals surface area contributed by atoms with Gasteiger partial charge in [-0.15, -0.1) is 0 Å². The molecule has 0 amide bonds. The van der Waals surface area contributed by atoms with Crippen molar-refractivity contribution < 1.29 is 15.0 Å². The number of nitrogens with zero attached hydrogens (tertiary/aromatic N) is 4. The van der Waals surface area contributed by atoms with Gasteiger partial charge >= 0.3 is 5.97 Å². The molecule has 8 nitrogen and oxygen atoms in total. The van der Waals surface area contributed by atoms with E-state index in [0.717, 1.165) is 0 Å². The van der Waals surface area contributed by atoms with Crippen LogP contribution in [-0.4, -0.2) is 30.8 Å². The first-order valence-corrected chi connectivity index (χ1v) is 6.57. The highest BCUT2D eigenvalue weighted by molar-refractivity contribution is 5.94. The van der Waals surface area contributed by atoms with Gasteiger partial charge in [0.25, 0.3) is 0 Å². The van der Waals surface area contributed by atoms with Gasteiger partial charge in [0.2, 0.25) is 0 Å². The first kappa shape index (κ1) is 14.3. The maximum absolute atomic E-state index is 11.2. The van der Waals surface area contributed by atoms with E-state index in [1.165, 1.54) is 29.2 Å². The van der Waals surface area contributed by atoms with Crippen molar-refractivity contribution in [3.05, 3.63) is 47.4 Å². The number of aromatic hydroxyl groups is 1. The summed E-state index contributed by atoms with van der Waals surface area (Å²) in [4.78, 5) is 15.4. The van der Waals surface area contributed by atoms with E-state index < -0.39 is 5.97 Å². The second kappa shape index (κ2) is 5.31. The van der Waals surface area contributed by atoms with Crippen LogP contribution in [0.2, 0.25) is 0 Å². The van der Waals surface area contributed by atoms with Crippen LogP contribution in [0.5, 0.6) is 5.75 Å². The third kappa shape index (κ3) is 2.40. The number of aromatic carboxylic acids is 1. The first-order valence-electron chi connectivity index (χ1n) is 6.57. The van der Waals surface area contributed by atoms with Gasteiger partial charge < -0.3 is 15.5 Å². The summed E-state index contributed by atoms with van der Waals surface area (Å²) in [6, 6.07) is 6.36. The van der Waals surface area contributed by atoms with Crippen LogP contribution in [0.4, 0.5) is 11.5 Å². The van der Waals surface area contributed by atoms with Crippen molar-refractivity contribution in [3.8, 4) is 11.8 Å². The number of phenolic OH excluding ortho intramolecular Hbond substituents is 1. The Bertz CT molecular complexity index is 971. The third-order valence-electron chi connectivity index (χ3n) is 3.44. The second-order valence-corrected chi connectivity index (χ2v) is 4.84. The number of nitriles is 1. The molecule has 0 spiro atoms. The van der Waals surface area contributed by atoms with E-state index in [2.05, 4.69) is 15.4 Å². The number of benzene rings is 1. The number of aromatic nitrogens is 3. The molecule has 3 aromatic rings. The van der Waals surface area contributed by atoms with Crippen LogP contribution in [0.1, 0.15) is 21.5 Å². The highest BCUT2D eigenvalue weighted by Gasteiger charge is 2.17. The molecule has 0 saturated carbocycles. The average molecular weight is 309 g/mol. The lowest BCUT2D eigenvalue weighted by Crippen LogP contribution is -2.00. The molecule has 0 aliphatic carbocycles. The van der Waals surface area contributed by atoms with Gasteiger partial charge in [-0.25, -0.2) is 14.3 Å². The van der Waals surface area contributed by atoms with Crippen LogP contribution >= 0.6 is 0 Å². The molecule has 0 radical (unpaired) electrons. The molecule has 2 aromatic heterocycles. The Labute approximate surface area is 130 Å². The zero-order valence-electron chi connectivity index (χ0n) is 12.0. The van der Waals surface area contributed by atoms with Gasteiger partial charge in [-0.3, -0.25) is 0 Å². The van der Waals surface area contributed by atoms with Gasteiger partial charge in [0.15, 0.2) is 5.82 Å². The Morgan fingerprint density at radius 3 is 2.87 bits per heavy atom. The minimum Gasteiger partial charge on any atom is -0.506 e. The minimum atomic E-state index is -1.05. The van der Waals surface area contributed by atoms with E-state index in [9.17, 15) is 15.0 Å². The number of hydrogen-bond donors (Lipinski definition) is 3. The molecular weight excluding hydrogens is 298 g/mol. The number of rotatable bonds is 3. The highest BCUT2D eigenvalue weighted by atomic mass is 16.4. The maximum Gasteiger partial charge on any atom is 0.337 e. The summed E-state index contributed by atoms with van der Waals surface area (Å²) >= 11 is 0. The Morgan fingerprint density at radius 1 is 1.43 bits per heavy atom. The van der Waals surface area contributed by atoms with Crippen LogP contribution in [0, 0.1) is 18.3 Å². The molecule has 0 aliphatic heterocycles. The van der Waals surface area contributed by atoms with Crippen molar-refractivity contribution >= 4 is 23.0 Å². The molecule has 2 heterocycles. The van der Waals surface area contributed by atoms with Crippen LogP contribution in [0.3, 0.4) is 0 Å². The molecule has 3 rings (SSSR count). The van der Waals surface area contributed by atoms with Crippen LogP contribution < -0.4 is 5.32 Å². The molecule has 0 unspecified atom stereocenters. The fourth-order valence-electron chi connectivity index (χ4n) is 2.31. The highest BCUT2D eigenvalue weighted by Crippen LogP contribution is 2.27. The van der Waals surface area contributed by atoms with E-state index in [1.807, 2.05) is 6.07 Å². The van der Waals surface area contributed by atoms with Crippen molar-refractivity contribution in [2.45, 2.75) is 6.92 Å². The number of fused-ring (bicyclic) bond motifs is 1. The number of anilines is 2. The van der Waals surface area contributed by atoms with Crippen molar-refractivity contribution in [2.75, 3.05) is 5.32 Å². The van der Waals surface area contributed by atoms with E-state index in [0.29, 0.717) is 22.6 Å². The summed E-state index contributed by atoms with van der Waals surface area (Å²) in [5.74, 6) is -0.801. The molecule has 0 atom stereocenters. The van der Waals surface area contributed by atoms with Gasteiger partial charge in [-0.05, 0) is 24.6 Å². The molecule has 0 bridgehead atoms. The maximum atomic E-state index is 11.2. The Balaban J connectivity index is 2.09. The number of carboxylic acids is 1. The molecule has 23 heavy (non-hydrogen) atoms. The fourth-order valence-corrected chi connectivity index (χ4v) is 2.31. The van der Waals surface area contributed by atoms with Gasteiger partial charge in [0.05, 0.1) is 11.1 Å². The normalized spacial score (nSPS) is 10.4. The molecule has 1 aromatic carbocycles. The molecule has 0 fully saturated rings. The summed E-state index contributed by atoms with van der Waals surface area (Å²) < 4.78 is 1.43. The molecular formula is C15H11N5O3. The van der Waals surface area contributed by atoms with Gasteiger partial charge in [-0.1, -0.05) is 0 Å². The van der Waals surface area contributed by atoms with E-state index in [-0.39, 0.29) is 16.9 Å². The summed E-state index contributed by atoms with van der Waals surface area (Å²) in [5, 5.41) is 34.8. The molecule has 0 aliphatic rings. The minimum absolute atomic E-state index is 0.135. The standard InChI is InChI=1S/C15H11N5O3/c1-8-11(15(22)23)6-20-13(8)14(17-7-18-20)19-10-3-2-9(5-16)12(21)4-10/h2-4,6-7,21H,1H3,(H,22,23)(H,17,18,19). The Hall–Kier alpha value is -3.60. The largest absolute Gasteiger partial charge is 0.506 e. The SMILES string of the molecule is Cc1c(C(=O)O)cn2ncnc(Nc3ccc(C#N)c(O)c3)c12. The van der Waals surface area contributed by atoms with Crippen molar-refractivity contribution in [1.29, 1.82) is 5.26 Å². The van der Waals surface area contributed by atoms with Crippen molar-refractivity contribution in [3.63, 3.8) is 0 Å². The molecule has 0 saturated heterocycles. The van der Waals surface area contributed by atoms with Crippen LogP contribution in [0.25, 0.3) is 5.52 Å². The smallest absolute Gasteiger partial charge is 0.337 e. The predicted octanol–water partition coefficient (Wildman–Crippen LogP) is 2.06. The number of carbonyl (C=O) groups is 1. The average Bonchev–Trinajstić information content (AvgIpc) is 2.86. The number of nitrogens with one attached hydrogen (secondary N) is 1. The lowest BCUT2D eigenvalue weighted by molar-refractivity contribution is 0.0696. The molecule has 114 valence electrons. The number of phenols is 1. The quantitative estimate of drug-likeness (QED) is 0.676. The summed E-state index contributed by atoms with van der Waals surface area (Å²) in [7, 11) is 0. The van der Waals surface area contributed by atoms with E-state index >= 15 is 0 Å². The molecule has 8 heteroatoms. The Morgan fingerprint density at radius 2 is 2.22 bits per heavy atom. The van der Waals surface area contributed by atoms with Gasteiger partial charge in [0, 0.05) is 18.0 Å². The number of aryl methyl sites for hydroxylation is 1. The molecule has 3 N–H and O–H groups in total. The van der Waals surface area contributed by atoms with Gasteiger partial charge in [-0.2, -0.15) is 10.4 Å². The topological polar surface area (TPSA) is 124 Å². The Kier molecular flexibility index (Phi) is 3.31. The van der Waals surface area contributed by atoms with Crippen molar-refractivity contribution in [1.82, 2.24) is 14.6 Å². The zero-order chi connectivity index (χ0) is 16.6. The predicted molar refractivity (Wildman–Crippen MR) is 80.8 cm³/mol. The number of carboxylic acid groups (broad SMARTS) is 1. The summed E-state index contributed by atoms with van der Waals surface area (Å²) in [6.45, 7) is 1.67. The van der Waals surface area contributed by atoms with Crippen LogP contribution in [0.15, 0.2) is 30.7 Å². The van der Waals surface area contributed by atoms with E-state index in [4.69, 9.17) is 5.26 Å². The lowest BCUT2D eigenvalue weighted by atomic mass is 10.2. The second-order valence-electron chi connectivity index (χ2n) is 4.84. The first-order chi connectivity index (χ1) is 11.0. The van der Waals surface area contributed by atoms with Crippen molar-refractivity contribution in [2.24, 2.45) is 0 Å². The van der Waals surface area contributed by atoms with E-state index in [1.54, 1.807) is 13.0 Å². The monoisotopic (exact) mass is 309 g/mol. The lowest BCUT2D eigenvalue weighted by Gasteiger charge is -2.08. The third-order valence-corrected chi connectivity index (χ3v) is 3.44. The fraction of sp³-hybridized carbons (Fsp3) is 0.0667. The van der Waals surface area contributed by atoms with Crippen LogP contribution in [-0.2, 0) is 0 Å². The summed E-state index contributed by atoms with van der Waals surface area (Å²) in [5.41, 5.74) is 1.86. The number of hydrogen-bond acceptors (Lipinski definition) is 6. The van der Waals surface area contributed by atoms with Gasteiger partial charge in [0.1, 0.15) is 23.7 Å². The summed E-state index contributed by atoms with van der Waals surface area (Å²) in [6.07, 6.45) is 2.71. The zero-order valence-corrected chi connectivity index (χ0v) is 12.0.